The quantitative estimate of drug-likeness (QED) is 0.570. The molecule has 0 bridgehead atoms. The first kappa shape index (κ1) is 19.1. The molecule has 0 amide bonds. The van der Waals surface area contributed by atoms with Gasteiger partial charge in [-0.25, -0.2) is 0 Å². The number of aliphatic hydroxyl groups is 1. The van der Waals surface area contributed by atoms with E-state index in [2.05, 4.69) is 10.3 Å². The Hall–Kier alpha value is -1.96. The Kier molecular flexibility index (Phi) is 6.26. The third-order valence-electron chi connectivity index (χ3n) is 2.60. The van der Waals surface area contributed by atoms with Crippen LogP contribution in [0.15, 0.2) is 29.3 Å². The van der Waals surface area contributed by atoms with Gasteiger partial charge < -0.3 is 20.9 Å². The van der Waals surface area contributed by atoms with Crippen LogP contribution in [0.3, 0.4) is 0 Å². The van der Waals surface area contributed by atoms with Crippen molar-refractivity contribution in [1.82, 2.24) is 5.32 Å². The van der Waals surface area contributed by atoms with E-state index in [1.54, 1.807) is 0 Å². The predicted molar refractivity (Wildman–Crippen MR) is 82.3 cm³/mol. The lowest BCUT2D eigenvalue weighted by molar-refractivity contribution is -0.137. The summed E-state index contributed by atoms with van der Waals surface area (Å²) in [6.07, 6.45) is -5.30. The maximum atomic E-state index is 12.4. The van der Waals surface area contributed by atoms with Gasteiger partial charge in [-0.05, 0) is 45.0 Å². The Morgan fingerprint density at radius 2 is 1.83 bits per heavy atom. The zero-order chi connectivity index (χ0) is 17.7. The fourth-order valence-electron chi connectivity index (χ4n) is 1.61. The van der Waals surface area contributed by atoms with Gasteiger partial charge in [-0.2, -0.15) is 13.2 Å². The first-order valence-electron chi connectivity index (χ1n) is 7.03. The van der Waals surface area contributed by atoms with Gasteiger partial charge in [0.1, 0.15) is 18.5 Å². The monoisotopic (exact) mass is 333 g/mol. The first-order chi connectivity index (χ1) is 10.5. The molecule has 0 fully saturated rings. The summed E-state index contributed by atoms with van der Waals surface area (Å²) in [6, 6.07) is 4.25. The highest BCUT2D eigenvalue weighted by molar-refractivity contribution is 5.78. The summed E-state index contributed by atoms with van der Waals surface area (Å²) in [5, 5.41) is 12.7. The number of halogens is 3. The summed E-state index contributed by atoms with van der Waals surface area (Å²) in [5.74, 6) is 0.438. The number of guanidine groups is 1. The van der Waals surface area contributed by atoms with Crippen molar-refractivity contribution < 1.29 is 23.0 Å². The Balaban J connectivity index is 2.44. The third-order valence-corrected chi connectivity index (χ3v) is 2.60. The third kappa shape index (κ3) is 7.73. The molecule has 0 saturated heterocycles. The summed E-state index contributed by atoms with van der Waals surface area (Å²) in [5.41, 5.74) is 4.66. The van der Waals surface area contributed by atoms with Gasteiger partial charge in [0.2, 0.25) is 0 Å². The molecule has 1 atom stereocenters. The SMILES string of the molecule is CC(C)(C)NC(N)=NCC(O)COc1ccc(C(F)(F)F)cc1. The van der Waals surface area contributed by atoms with Crippen LogP contribution >= 0.6 is 0 Å². The van der Waals surface area contributed by atoms with Crippen molar-refractivity contribution in [1.29, 1.82) is 0 Å². The molecule has 0 heterocycles. The lowest BCUT2D eigenvalue weighted by atomic mass is 10.1. The Bertz CT molecular complexity index is 522. The van der Waals surface area contributed by atoms with E-state index in [1.807, 2.05) is 20.8 Å². The molecule has 0 aliphatic carbocycles. The van der Waals surface area contributed by atoms with Crippen LogP contribution in [0.1, 0.15) is 26.3 Å². The van der Waals surface area contributed by atoms with Crippen LogP contribution in [0.5, 0.6) is 5.75 Å². The van der Waals surface area contributed by atoms with E-state index < -0.39 is 17.8 Å². The molecule has 0 aromatic heterocycles. The van der Waals surface area contributed by atoms with Crippen molar-refractivity contribution in [2.75, 3.05) is 13.2 Å². The minimum absolute atomic E-state index is 0.0234. The van der Waals surface area contributed by atoms with Gasteiger partial charge in [-0.15, -0.1) is 0 Å². The molecule has 8 heteroatoms. The van der Waals surface area contributed by atoms with Crippen LogP contribution in [0.4, 0.5) is 13.2 Å². The molecular formula is C15H22F3N3O2. The molecule has 23 heavy (non-hydrogen) atoms. The number of hydrogen-bond donors (Lipinski definition) is 3. The highest BCUT2D eigenvalue weighted by Crippen LogP contribution is 2.30. The van der Waals surface area contributed by atoms with Crippen molar-refractivity contribution in [3.8, 4) is 5.75 Å². The number of aliphatic hydroxyl groups excluding tert-OH is 1. The van der Waals surface area contributed by atoms with Crippen LogP contribution in [-0.4, -0.2) is 35.9 Å². The molecule has 4 N–H and O–H groups in total. The molecule has 0 aliphatic heterocycles. The van der Waals surface area contributed by atoms with E-state index >= 15 is 0 Å². The molecule has 1 rings (SSSR count). The summed E-state index contributed by atoms with van der Waals surface area (Å²) < 4.78 is 42.5. The van der Waals surface area contributed by atoms with Crippen molar-refractivity contribution in [3.05, 3.63) is 29.8 Å². The molecule has 5 nitrogen and oxygen atoms in total. The number of aliphatic imine (C=N–C) groups is 1. The zero-order valence-electron chi connectivity index (χ0n) is 13.3. The number of ether oxygens (including phenoxy) is 1. The molecule has 0 aliphatic rings. The number of nitrogens with zero attached hydrogens (tertiary/aromatic N) is 1. The lowest BCUT2D eigenvalue weighted by Gasteiger charge is -2.21. The van der Waals surface area contributed by atoms with E-state index in [0.717, 1.165) is 12.1 Å². The minimum Gasteiger partial charge on any atom is -0.491 e. The normalized spacial score (nSPS) is 14.5. The molecular weight excluding hydrogens is 311 g/mol. The number of alkyl halides is 3. The van der Waals surface area contributed by atoms with Crippen molar-refractivity contribution in [2.24, 2.45) is 10.7 Å². The van der Waals surface area contributed by atoms with Crippen LogP contribution in [0.2, 0.25) is 0 Å². The Morgan fingerprint density at radius 3 is 2.30 bits per heavy atom. The fourth-order valence-corrected chi connectivity index (χ4v) is 1.61. The van der Waals surface area contributed by atoms with Gasteiger partial charge in [-0.3, -0.25) is 4.99 Å². The van der Waals surface area contributed by atoms with Gasteiger partial charge >= 0.3 is 6.18 Å². The highest BCUT2D eigenvalue weighted by Gasteiger charge is 2.30. The molecule has 0 radical (unpaired) electrons. The summed E-state index contributed by atoms with van der Waals surface area (Å²) in [4.78, 5) is 3.97. The second kappa shape index (κ2) is 7.54. The van der Waals surface area contributed by atoms with Gasteiger partial charge in [0.05, 0.1) is 12.1 Å². The van der Waals surface area contributed by atoms with Gasteiger partial charge in [0, 0.05) is 5.54 Å². The van der Waals surface area contributed by atoms with E-state index in [9.17, 15) is 18.3 Å². The second-order valence-corrected chi connectivity index (χ2v) is 6.09. The maximum Gasteiger partial charge on any atom is 0.416 e. The number of nitrogens with one attached hydrogen (secondary N) is 1. The number of benzene rings is 1. The lowest BCUT2D eigenvalue weighted by Crippen LogP contribution is -2.45. The van der Waals surface area contributed by atoms with Crippen LogP contribution in [-0.2, 0) is 6.18 Å². The highest BCUT2D eigenvalue weighted by atomic mass is 19.4. The van der Waals surface area contributed by atoms with Gasteiger partial charge in [-0.1, -0.05) is 0 Å². The largest absolute Gasteiger partial charge is 0.491 e. The maximum absolute atomic E-state index is 12.4. The molecule has 130 valence electrons. The average Bonchev–Trinajstić information content (AvgIpc) is 2.40. The zero-order valence-corrected chi connectivity index (χ0v) is 13.3. The van der Waals surface area contributed by atoms with Crippen LogP contribution in [0, 0.1) is 0 Å². The smallest absolute Gasteiger partial charge is 0.416 e. The van der Waals surface area contributed by atoms with E-state index in [1.165, 1.54) is 12.1 Å². The molecule has 0 saturated carbocycles. The number of nitrogens with two attached hydrogens (primary N) is 1. The first-order valence-corrected chi connectivity index (χ1v) is 7.03. The van der Waals surface area contributed by atoms with Crippen molar-refractivity contribution in [3.63, 3.8) is 0 Å². The van der Waals surface area contributed by atoms with E-state index in [-0.39, 0.29) is 30.4 Å². The summed E-state index contributed by atoms with van der Waals surface area (Å²) >= 11 is 0. The molecule has 0 spiro atoms. The van der Waals surface area contributed by atoms with Gasteiger partial charge in [0.15, 0.2) is 5.96 Å². The number of hydrogen-bond acceptors (Lipinski definition) is 3. The average molecular weight is 333 g/mol. The fraction of sp³-hybridized carbons (Fsp3) is 0.533. The van der Waals surface area contributed by atoms with Crippen molar-refractivity contribution >= 4 is 5.96 Å². The number of rotatable bonds is 5. The molecule has 1 unspecified atom stereocenters. The molecule has 1 aromatic rings. The van der Waals surface area contributed by atoms with Crippen LogP contribution < -0.4 is 15.8 Å². The predicted octanol–water partition coefficient (Wildman–Crippen LogP) is 2.15. The van der Waals surface area contributed by atoms with Crippen molar-refractivity contribution in [2.45, 2.75) is 38.6 Å². The Morgan fingerprint density at radius 1 is 1.26 bits per heavy atom. The van der Waals surface area contributed by atoms with E-state index in [4.69, 9.17) is 10.5 Å². The van der Waals surface area contributed by atoms with Crippen LogP contribution in [0.25, 0.3) is 0 Å². The van der Waals surface area contributed by atoms with Gasteiger partial charge in [0.25, 0.3) is 0 Å². The topological polar surface area (TPSA) is 79.9 Å². The van der Waals surface area contributed by atoms with E-state index in [0.29, 0.717) is 0 Å². The Labute approximate surface area is 133 Å². The molecule has 1 aromatic carbocycles. The minimum atomic E-state index is -4.38. The second-order valence-electron chi connectivity index (χ2n) is 6.09. The summed E-state index contributed by atoms with van der Waals surface area (Å²) in [7, 11) is 0. The standard InChI is InChI=1S/C15H22F3N3O2/c1-14(2,3)21-13(19)20-8-11(22)9-23-12-6-4-10(5-7-12)15(16,17)18/h4-7,11,22H,8-9H2,1-3H3,(H3,19,20,21). The summed E-state index contributed by atoms with van der Waals surface area (Å²) in [6.45, 7) is 5.67.